The van der Waals surface area contributed by atoms with Crippen molar-refractivity contribution in [1.29, 1.82) is 0 Å². The second-order valence-corrected chi connectivity index (χ2v) is 4.94. The fourth-order valence-electron chi connectivity index (χ4n) is 1.85. The van der Waals surface area contributed by atoms with Gasteiger partial charge in [-0.2, -0.15) is 0 Å². The van der Waals surface area contributed by atoms with Crippen LogP contribution in [0.1, 0.15) is 18.4 Å². The second kappa shape index (κ2) is 5.23. The number of hydrogen-bond acceptors (Lipinski definition) is 2. The molecule has 0 radical (unpaired) electrons. The number of ether oxygens (including phenoxy) is 1. The van der Waals surface area contributed by atoms with Gasteiger partial charge in [0.15, 0.2) is 11.6 Å². The van der Waals surface area contributed by atoms with E-state index in [4.69, 9.17) is 16.3 Å². The zero-order valence-corrected chi connectivity index (χ0v) is 10.7. The van der Waals surface area contributed by atoms with Gasteiger partial charge in [-0.1, -0.05) is 12.1 Å². The molecule has 0 aromatic heterocycles. The highest BCUT2D eigenvalue weighted by Crippen LogP contribution is 2.45. The highest BCUT2D eigenvalue weighted by atomic mass is 35.5. The smallest absolute Gasteiger partial charge is 0.169 e. The van der Waals surface area contributed by atoms with Crippen LogP contribution in [-0.2, 0) is 6.54 Å². The fraction of sp³-hybridized carbons (Fsp3) is 0.538. The monoisotopic (exact) mass is 257 g/mol. The molecule has 0 aliphatic heterocycles. The first-order valence-electron chi connectivity index (χ1n) is 5.79. The molecular formula is C13H17ClFNO. The molecule has 1 aliphatic rings. The maximum atomic E-state index is 13.8. The largest absolute Gasteiger partial charge is 0.494 e. The predicted molar refractivity (Wildman–Crippen MR) is 67.0 cm³/mol. The van der Waals surface area contributed by atoms with Gasteiger partial charge in [-0.25, -0.2) is 4.39 Å². The molecule has 2 rings (SSSR count). The molecule has 0 unspecified atom stereocenters. The van der Waals surface area contributed by atoms with E-state index in [2.05, 4.69) is 5.32 Å². The van der Waals surface area contributed by atoms with E-state index in [1.807, 2.05) is 0 Å². The van der Waals surface area contributed by atoms with Gasteiger partial charge in [0.1, 0.15) is 0 Å². The Morgan fingerprint density at radius 3 is 2.82 bits per heavy atom. The van der Waals surface area contributed by atoms with Crippen LogP contribution in [0.5, 0.6) is 5.75 Å². The van der Waals surface area contributed by atoms with Gasteiger partial charge in [0.25, 0.3) is 0 Å². The molecule has 0 spiro atoms. The predicted octanol–water partition coefficient (Wildman–Crippen LogP) is 2.94. The van der Waals surface area contributed by atoms with Crippen molar-refractivity contribution >= 4 is 11.6 Å². The Morgan fingerprint density at radius 2 is 2.24 bits per heavy atom. The van der Waals surface area contributed by atoms with E-state index < -0.39 is 0 Å². The standard InChI is InChI=1S/C13H17ClFNO/c1-17-11-4-2-3-10(12(11)15)7-16-9-13(8-14)5-6-13/h2-4,16H,5-9H2,1H3. The molecule has 0 heterocycles. The fourth-order valence-corrected chi connectivity index (χ4v) is 2.21. The Morgan fingerprint density at radius 1 is 1.47 bits per heavy atom. The Balaban J connectivity index is 1.90. The van der Waals surface area contributed by atoms with Gasteiger partial charge in [0.2, 0.25) is 0 Å². The van der Waals surface area contributed by atoms with Crippen molar-refractivity contribution in [1.82, 2.24) is 5.32 Å². The first-order chi connectivity index (χ1) is 8.21. The van der Waals surface area contributed by atoms with Gasteiger partial charge < -0.3 is 10.1 Å². The lowest BCUT2D eigenvalue weighted by Crippen LogP contribution is -2.25. The lowest BCUT2D eigenvalue weighted by atomic mass is 10.1. The number of nitrogens with one attached hydrogen (secondary N) is 1. The van der Waals surface area contributed by atoms with E-state index in [-0.39, 0.29) is 11.2 Å². The van der Waals surface area contributed by atoms with Gasteiger partial charge in [0, 0.05) is 24.5 Å². The average molecular weight is 258 g/mol. The molecule has 0 amide bonds. The van der Waals surface area contributed by atoms with Crippen LogP contribution < -0.4 is 10.1 Å². The molecule has 1 saturated carbocycles. The lowest BCUT2D eigenvalue weighted by molar-refractivity contribution is 0.382. The number of rotatable bonds is 6. The van der Waals surface area contributed by atoms with Gasteiger partial charge in [-0.3, -0.25) is 0 Å². The first kappa shape index (κ1) is 12.7. The minimum atomic E-state index is -0.279. The summed E-state index contributed by atoms with van der Waals surface area (Å²) in [5.74, 6) is 0.696. The van der Waals surface area contributed by atoms with Gasteiger partial charge in [-0.05, 0) is 24.3 Å². The van der Waals surface area contributed by atoms with E-state index in [0.29, 0.717) is 23.7 Å². The molecule has 94 valence electrons. The summed E-state index contributed by atoms with van der Waals surface area (Å²) >= 11 is 5.88. The molecule has 1 aromatic rings. The average Bonchev–Trinajstić information content (AvgIpc) is 3.12. The van der Waals surface area contributed by atoms with Crippen LogP contribution in [0.3, 0.4) is 0 Å². The minimum absolute atomic E-state index is 0.261. The summed E-state index contributed by atoms with van der Waals surface area (Å²) in [5, 5.41) is 3.27. The van der Waals surface area contributed by atoms with Crippen LogP contribution in [0.4, 0.5) is 4.39 Å². The highest BCUT2D eigenvalue weighted by molar-refractivity contribution is 6.18. The Labute approximate surface area is 106 Å². The normalized spacial score (nSPS) is 16.9. The van der Waals surface area contributed by atoms with E-state index in [1.165, 1.54) is 20.0 Å². The summed E-state index contributed by atoms with van der Waals surface area (Å²) in [7, 11) is 1.47. The van der Waals surface area contributed by atoms with Crippen molar-refractivity contribution in [2.75, 3.05) is 19.5 Å². The third-order valence-electron chi connectivity index (χ3n) is 3.32. The molecule has 0 atom stereocenters. The van der Waals surface area contributed by atoms with Crippen molar-refractivity contribution in [2.24, 2.45) is 5.41 Å². The molecular weight excluding hydrogens is 241 g/mol. The van der Waals surface area contributed by atoms with Crippen molar-refractivity contribution < 1.29 is 9.13 Å². The summed E-state index contributed by atoms with van der Waals surface area (Å²) in [6, 6.07) is 5.19. The van der Waals surface area contributed by atoms with Crippen LogP contribution in [0.2, 0.25) is 0 Å². The van der Waals surface area contributed by atoms with Gasteiger partial charge in [0.05, 0.1) is 7.11 Å². The van der Waals surface area contributed by atoms with Crippen molar-refractivity contribution in [3.05, 3.63) is 29.6 Å². The van der Waals surface area contributed by atoms with E-state index in [9.17, 15) is 4.39 Å². The summed E-state index contributed by atoms with van der Waals surface area (Å²) in [6.45, 7) is 1.37. The maximum absolute atomic E-state index is 13.8. The van der Waals surface area contributed by atoms with Crippen molar-refractivity contribution in [2.45, 2.75) is 19.4 Å². The van der Waals surface area contributed by atoms with Crippen LogP contribution >= 0.6 is 11.6 Å². The molecule has 4 heteroatoms. The molecule has 1 aliphatic carbocycles. The highest BCUT2D eigenvalue weighted by Gasteiger charge is 2.41. The molecule has 0 bridgehead atoms. The number of benzene rings is 1. The van der Waals surface area contributed by atoms with Gasteiger partial charge >= 0.3 is 0 Å². The number of methoxy groups -OCH3 is 1. The van der Waals surface area contributed by atoms with E-state index in [0.717, 1.165) is 6.54 Å². The molecule has 1 aromatic carbocycles. The molecule has 1 fully saturated rings. The molecule has 0 saturated heterocycles. The van der Waals surface area contributed by atoms with Crippen LogP contribution in [0, 0.1) is 11.2 Å². The number of alkyl halides is 1. The van der Waals surface area contributed by atoms with E-state index >= 15 is 0 Å². The number of halogens is 2. The Kier molecular flexibility index (Phi) is 3.89. The van der Waals surface area contributed by atoms with Crippen molar-refractivity contribution in [3.8, 4) is 5.75 Å². The third kappa shape index (κ3) is 2.90. The summed E-state index contributed by atoms with van der Waals surface area (Å²) in [5.41, 5.74) is 0.895. The molecule has 2 nitrogen and oxygen atoms in total. The quantitative estimate of drug-likeness (QED) is 0.792. The summed E-state index contributed by atoms with van der Waals surface area (Å²) < 4.78 is 18.7. The summed E-state index contributed by atoms with van der Waals surface area (Å²) in [6.07, 6.45) is 2.34. The SMILES string of the molecule is COc1cccc(CNCC2(CCl)CC2)c1F. The third-order valence-corrected chi connectivity index (χ3v) is 3.89. The maximum Gasteiger partial charge on any atom is 0.169 e. The Hall–Kier alpha value is -0.800. The van der Waals surface area contributed by atoms with Gasteiger partial charge in [-0.15, -0.1) is 11.6 Å². The topological polar surface area (TPSA) is 21.3 Å². The molecule has 17 heavy (non-hydrogen) atoms. The summed E-state index contributed by atoms with van der Waals surface area (Å²) in [4.78, 5) is 0. The lowest BCUT2D eigenvalue weighted by Gasteiger charge is -2.13. The minimum Gasteiger partial charge on any atom is -0.494 e. The molecule has 1 N–H and O–H groups in total. The first-order valence-corrected chi connectivity index (χ1v) is 6.32. The zero-order chi connectivity index (χ0) is 12.3. The van der Waals surface area contributed by atoms with E-state index in [1.54, 1.807) is 18.2 Å². The van der Waals surface area contributed by atoms with Crippen LogP contribution in [0.25, 0.3) is 0 Å². The van der Waals surface area contributed by atoms with Crippen molar-refractivity contribution in [3.63, 3.8) is 0 Å². The zero-order valence-electron chi connectivity index (χ0n) is 9.93. The van der Waals surface area contributed by atoms with Crippen LogP contribution in [-0.4, -0.2) is 19.5 Å². The number of hydrogen-bond donors (Lipinski definition) is 1. The van der Waals surface area contributed by atoms with Crippen LogP contribution in [0.15, 0.2) is 18.2 Å². The second-order valence-electron chi connectivity index (χ2n) is 4.67. The Bertz CT molecular complexity index is 393.